The minimum atomic E-state index is -0.283. The minimum absolute atomic E-state index is 0.0288. The van der Waals surface area contributed by atoms with Crippen molar-refractivity contribution in [2.75, 3.05) is 13.1 Å². The van der Waals surface area contributed by atoms with Gasteiger partial charge in [-0.1, -0.05) is 43.2 Å². The van der Waals surface area contributed by atoms with Crippen LogP contribution in [0.2, 0.25) is 0 Å². The molecular formula is C25H34N4O2. The topological polar surface area (TPSA) is 78.1 Å². The van der Waals surface area contributed by atoms with E-state index in [2.05, 4.69) is 27.6 Å². The van der Waals surface area contributed by atoms with Gasteiger partial charge in [0.2, 0.25) is 11.8 Å². The lowest BCUT2D eigenvalue weighted by molar-refractivity contribution is -0.144. The fourth-order valence-electron chi connectivity index (χ4n) is 4.97. The summed E-state index contributed by atoms with van der Waals surface area (Å²) in [7, 11) is 0. The van der Waals surface area contributed by atoms with Crippen molar-refractivity contribution in [1.29, 1.82) is 0 Å². The van der Waals surface area contributed by atoms with E-state index in [1.54, 1.807) is 0 Å². The van der Waals surface area contributed by atoms with Crippen molar-refractivity contribution >= 4 is 11.8 Å². The third-order valence-corrected chi connectivity index (χ3v) is 6.49. The number of benzene rings is 1. The van der Waals surface area contributed by atoms with E-state index < -0.39 is 0 Å². The van der Waals surface area contributed by atoms with Crippen LogP contribution < -0.4 is 5.32 Å². The molecule has 0 bridgehead atoms. The van der Waals surface area contributed by atoms with Crippen LogP contribution in [0.25, 0.3) is 11.3 Å². The molecule has 166 valence electrons. The number of carbonyl (C=O) groups is 2. The van der Waals surface area contributed by atoms with Gasteiger partial charge in [0.15, 0.2) is 0 Å². The molecule has 2 N–H and O–H groups in total. The average molecular weight is 423 g/mol. The Morgan fingerprint density at radius 2 is 1.71 bits per heavy atom. The van der Waals surface area contributed by atoms with Crippen molar-refractivity contribution in [3.05, 3.63) is 41.6 Å². The lowest BCUT2D eigenvalue weighted by Gasteiger charge is -2.35. The number of nitrogens with one attached hydrogen (secondary N) is 2. The molecule has 1 aliphatic carbocycles. The molecule has 31 heavy (non-hydrogen) atoms. The van der Waals surface area contributed by atoms with E-state index in [4.69, 9.17) is 0 Å². The van der Waals surface area contributed by atoms with Crippen molar-refractivity contribution in [3.8, 4) is 11.3 Å². The molecule has 6 heteroatoms. The van der Waals surface area contributed by atoms with Crippen LogP contribution in [0.1, 0.15) is 57.7 Å². The van der Waals surface area contributed by atoms with Crippen molar-refractivity contribution in [1.82, 2.24) is 20.4 Å². The lowest BCUT2D eigenvalue weighted by Crippen LogP contribution is -2.50. The Bertz CT molecular complexity index is 929. The average Bonchev–Trinajstić information content (AvgIpc) is 3.04. The Morgan fingerprint density at radius 1 is 1.03 bits per heavy atom. The van der Waals surface area contributed by atoms with Crippen molar-refractivity contribution in [3.63, 3.8) is 0 Å². The smallest absolute Gasteiger partial charge is 0.226 e. The highest BCUT2D eigenvalue weighted by Gasteiger charge is 2.39. The molecule has 2 aliphatic rings. The zero-order valence-corrected chi connectivity index (χ0v) is 18.9. The van der Waals surface area contributed by atoms with Gasteiger partial charge >= 0.3 is 0 Å². The van der Waals surface area contributed by atoms with E-state index in [-0.39, 0.29) is 29.2 Å². The molecule has 1 aromatic heterocycles. The SMILES string of the molecule is CC(C)(C)NC(=O)[C@@H]1CCCC[C@@H]1C(=O)N1CCc2[nH]nc(-c3ccccc3)c2CC1. The van der Waals surface area contributed by atoms with Gasteiger partial charge in [-0.3, -0.25) is 14.7 Å². The van der Waals surface area contributed by atoms with E-state index in [9.17, 15) is 9.59 Å². The number of nitrogens with zero attached hydrogens (tertiary/aromatic N) is 2. The van der Waals surface area contributed by atoms with Crippen LogP contribution in [-0.2, 0) is 22.4 Å². The quantitative estimate of drug-likeness (QED) is 0.791. The molecule has 2 amide bonds. The fourth-order valence-corrected chi connectivity index (χ4v) is 4.97. The van der Waals surface area contributed by atoms with Crippen molar-refractivity contribution in [2.45, 2.75) is 64.8 Å². The number of aromatic amines is 1. The summed E-state index contributed by atoms with van der Waals surface area (Å²) in [5.74, 6) is -0.253. The zero-order valence-electron chi connectivity index (χ0n) is 18.9. The van der Waals surface area contributed by atoms with Crippen LogP contribution in [0, 0.1) is 11.8 Å². The molecule has 4 rings (SSSR count). The number of amides is 2. The summed E-state index contributed by atoms with van der Waals surface area (Å²) in [6.07, 6.45) is 5.19. The first-order valence-corrected chi connectivity index (χ1v) is 11.6. The van der Waals surface area contributed by atoms with Gasteiger partial charge in [-0.15, -0.1) is 0 Å². The zero-order chi connectivity index (χ0) is 22.0. The van der Waals surface area contributed by atoms with Crippen LogP contribution >= 0.6 is 0 Å². The summed E-state index contributed by atoms with van der Waals surface area (Å²) in [5, 5.41) is 10.9. The first-order chi connectivity index (χ1) is 14.8. The van der Waals surface area contributed by atoms with Crippen LogP contribution in [0.5, 0.6) is 0 Å². The van der Waals surface area contributed by atoms with Crippen LogP contribution in [0.4, 0.5) is 0 Å². The van der Waals surface area contributed by atoms with Crippen molar-refractivity contribution in [2.24, 2.45) is 11.8 Å². The van der Waals surface area contributed by atoms with Crippen LogP contribution in [0.3, 0.4) is 0 Å². The van der Waals surface area contributed by atoms with Gasteiger partial charge in [0, 0.05) is 53.7 Å². The molecule has 0 spiro atoms. The molecule has 2 aromatic rings. The van der Waals surface area contributed by atoms with Gasteiger partial charge in [-0.2, -0.15) is 5.10 Å². The molecular weight excluding hydrogens is 388 g/mol. The van der Waals surface area contributed by atoms with E-state index in [1.807, 2.05) is 43.9 Å². The third-order valence-electron chi connectivity index (χ3n) is 6.49. The van der Waals surface area contributed by atoms with E-state index in [0.29, 0.717) is 13.1 Å². The predicted octanol–water partition coefficient (Wildman–Crippen LogP) is 3.73. The molecule has 6 nitrogen and oxygen atoms in total. The Morgan fingerprint density at radius 3 is 2.42 bits per heavy atom. The highest BCUT2D eigenvalue weighted by Crippen LogP contribution is 2.33. The number of hydrogen-bond donors (Lipinski definition) is 2. The second kappa shape index (κ2) is 8.85. The summed E-state index contributed by atoms with van der Waals surface area (Å²) in [6, 6.07) is 10.2. The molecule has 1 saturated carbocycles. The maximum atomic E-state index is 13.5. The standard InChI is InChI=1S/C25H34N4O2/c1-25(2,3)26-23(30)18-11-7-8-12-19(18)24(31)29-15-13-20-21(14-16-29)27-28-22(20)17-9-5-4-6-10-17/h4-6,9-10,18-19H,7-8,11-16H2,1-3H3,(H,26,30)(H,27,28)/t18-,19+/m1/s1. The maximum absolute atomic E-state index is 13.5. The molecule has 2 atom stereocenters. The monoisotopic (exact) mass is 422 g/mol. The number of fused-ring (bicyclic) bond motifs is 1. The van der Waals surface area contributed by atoms with Gasteiger partial charge in [0.25, 0.3) is 0 Å². The molecule has 0 saturated heterocycles. The van der Waals surface area contributed by atoms with Gasteiger partial charge in [0.1, 0.15) is 0 Å². The molecule has 0 radical (unpaired) electrons. The van der Waals surface area contributed by atoms with Gasteiger partial charge in [-0.05, 0) is 40.0 Å². The Hall–Kier alpha value is -2.63. The number of hydrogen-bond acceptors (Lipinski definition) is 3. The summed E-state index contributed by atoms with van der Waals surface area (Å²) in [5.41, 5.74) is 4.15. The Labute approximate surface area is 184 Å². The molecule has 2 heterocycles. The minimum Gasteiger partial charge on any atom is -0.351 e. The van der Waals surface area contributed by atoms with Gasteiger partial charge < -0.3 is 10.2 Å². The maximum Gasteiger partial charge on any atom is 0.226 e. The fraction of sp³-hybridized carbons (Fsp3) is 0.560. The summed E-state index contributed by atoms with van der Waals surface area (Å²) < 4.78 is 0. The number of rotatable bonds is 3. The predicted molar refractivity (Wildman–Crippen MR) is 121 cm³/mol. The second-order valence-corrected chi connectivity index (χ2v) is 9.96. The normalized spacial score (nSPS) is 21.8. The first-order valence-electron chi connectivity index (χ1n) is 11.6. The summed E-state index contributed by atoms with van der Waals surface area (Å²) >= 11 is 0. The van der Waals surface area contributed by atoms with Crippen molar-refractivity contribution < 1.29 is 9.59 Å². The Kier molecular flexibility index (Phi) is 6.17. The van der Waals surface area contributed by atoms with Gasteiger partial charge in [0.05, 0.1) is 5.69 Å². The number of carbonyl (C=O) groups excluding carboxylic acids is 2. The largest absolute Gasteiger partial charge is 0.351 e. The van der Waals surface area contributed by atoms with Crippen LogP contribution in [-0.4, -0.2) is 45.5 Å². The van der Waals surface area contributed by atoms with Crippen LogP contribution in [0.15, 0.2) is 30.3 Å². The van der Waals surface area contributed by atoms with Gasteiger partial charge in [-0.25, -0.2) is 0 Å². The molecule has 0 unspecified atom stereocenters. The highest BCUT2D eigenvalue weighted by molar-refractivity contribution is 5.88. The Balaban J connectivity index is 1.48. The molecule has 1 aromatic carbocycles. The lowest BCUT2D eigenvalue weighted by atomic mass is 9.77. The second-order valence-electron chi connectivity index (χ2n) is 9.96. The molecule has 1 aliphatic heterocycles. The molecule has 1 fully saturated rings. The number of H-pyrrole nitrogens is 1. The summed E-state index contributed by atoms with van der Waals surface area (Å²) in [4.78, 5) is 28.4. The third kappa shape index (κ3) is 4.83. The summed E-state index contributed by atoms with van der Waals surface area (Å²) in [6.45, 7) is 7.32. The number of aromatic nitrogens is 2. The van der Waals surface area contributed by atoms with E-state index >= 15 is 0 Å². The highest BCUT2D eigenvalue weighted by atomic mass is 16.2. The van der Waals surface area contributed by atoms with E-state index in [1.165, 1.54) is 5.56 Å². The van der Waals surface area contributed by atoms with E-state index in [0.717, 1.165) is 55.5 Å². The first kappa shape index (κ1) is 21.6.